The van der Waals surface area contributed by atoms with Crippen molar-refractivity contribution in [3.8, 4) is 0 Å². The summed E-state index contributed by atoms with van der Waals surface area (Å²) in [6.45, 7) is 3.31. The van der Waals surface area contributed by atoms with Gasteiger partial charge in [0.05, 0.1) is 9.93 Å². The van der Waals surface area contributed by atoms with Gasteiger partial charge in [0.15, 0.2) is 11.0 Å². The van der Waals surface area contributed by atoms with Crippen LogP contribution in [0.2, 0.25) is 0 Å². The summed E-state index contributed by atoms with van der Waals surface area (Å²) in [4.78, 5) is 0. The molecule has 0 aromatic rings. The van der Waals surface area contributed by atoms with Crippen molar-refractivity contribution in [1.82, 2.24) is 4.72 Å². The molecular formula is C5H14NS2+. The topological polar surface area (TPSA) is 12.0 Å². The van der Waals surface area contributed by atoms with Gasteiger partial charge in [-0.15, -0.1) is 0 Å². The molecule has 0 heterocycles. The van der Waals surface area contributed by atoms with Gasteiger partial charge in [-0.2, -0.15) is 0 Å². The van der Waals surface area contributed by atoms with Gasteiger partial charge >= 0.3 is 0 Å². The van der Waals surface area contributed by atoms with Gasteiger partial charge in [0.1, 0.15) is 12.5 Å². The van der Waals surface area contributed by atoms with Crippen molar-refractivity contribution >= 4 is 20.9 Å². The summed E-state index contributed by atoms with van der Waals surface area (Å²) in [5, 5.41) is 0. The van der Waals surface area contributed by atoms with Crippen molar-refractivity contribution in [2.24, 2.45) is 0 Å². The third-order valence-corrected chi connectivity index (χ3v) is 2.59. The Morgan fingerprint density at radius 1 is 1.50 bits per heavy atom. The molecule has 0 aliphatic carbocycles. The second-order valence-corrected chi connectivity index (χ2v) is 6.16. The average Bonchev–Trinajstić information content (AvgIpc) is 1.66. The molecule has 0 amide bonds. The van der Waals surface area contributed by atoms with E-state index in [2.05, 4.69) is 24.2 Å². The summed E-state index contributed by atoms with van der Waals surface area (Å²) in [5.41, 5.74) is 0. The number of nitrogens with one attached hydrogen (secondary N) is 1. The highest BCUT2D eigenvalue weighted by molar-refractivity contribution is 8.72. The molecule has 0 atom stereocenters. The van der Waals surface area contributed by atoms with Crippen LogP contribution < -0.4 is 4.72 Å². The van der Waals surface area contributed by atoms with E-state index in [-0.39, 0.29) is 0 Å². The quantitative estimate of drug-likeness (QED) is 0.283. The third kappa shape index (κ3) is 6.66. The van der Waals surface area contributed by atoms with E-state index in [4.69, 9.17) is 0 Å². The largest absolute Gasteiger partial charge is 0.219 e. The first-order valence-electron chi connectivity index (χ1n) is 2.75. The molecular weight excluding hydrogens is 138 g/mol. The van der Waals surface area contributed by atoms with Crippen LogP contribution in [-0.4, -0.2) is 19.1 Å². The number of hydrogen-bond donors (Lipinski definition) is 1. The molecule has 1 nitrogen and oxygen atoms in total. The standard InChI is InChI=1S/C5H14NS2/c1-4-5-6-7-8(2)3/h6H,4-5H2,1-3H3/q+1. The first-order valence-corrected chi connectivity index (χ1v) is 6.12. The molecule has 0 aliphatic heterocycles. The smallest absolute Gasteiger partial charge is 0.180 e. The second kappa shape index (κ2) is 5.79. The van der Waals surface area contributed by atoms with E-state index in [1.165, 1.54) is 6.42 Å². The van der Waals surface area contributed by atoms with E-state index >= 15 is 0 Å². The molecule has 8 heavy (non-hydrogen) atoms. The average molecular weight is 152 g/mol. The Balaban J connectivity index is 2.72. The first kappa shape index (κ1) is 8.66. The third-order valence-electron chi connectivity index (χ3n) is 0.578. The lowest BCUT2D eigenvalue weighted by Crippen LogP contribution is -2.07. The van der Waals surface area contributed by atoms with Gasteiger partial charge in [-0.25, -0.2) is 4.72 Å². The Kier molecular flexibility index (Phi) is 6.27. The van der Waals surface area contributed by atoms with Crippen molar-refractivity contribution in [3.63, 3.8) is 0 Å². The van der Waals surface area contributed by atoms with Crippen LogP contribution in [0.25, 0.3) is 0 Å². The maximum absolute atomic E-state index is 3.26. The van der Waals surface area contributed by atoms with Crippen molar-refractivity contribution in [2.45, 2.75) is 13.3 Å². The molecule has 0 rings (SSSR count). The van der Waals surface area contributed by atoms with Crippen molar-refractivity contribution in [2.75, 3.05) is 19.1 Å². The Bertz CT molecular complexity index is 47.7. The molecule has 1 N–H and O–H groups in total. The van der Waals surface area contributed by atoms with Crippen LogP contribution >= 0.6 is 11.0 Å². The lowest BCUT2D eigenvalue weighted by atomic mass is 10.5. The van der Waals surface area contributed by atoms with Crippen molar-refractivity contribution < 1.29 is 0 Å². The molecule has 0 aromatic heterocycles. The van der Waals surface area contributed by atoms with Crippen LogP contribution in [0.15, 0.2) is 0 Å². The zero-order valence-corrected chi connectivity index (χ0v) is 7.36. The van der Waals surface area contributed by atoms with Gasteiger partial charge in [0.2, 0.25) is 0 Å². The van der Waals surface area contributed by atoms with Gasteiger partial charge in [-0.3, -0.25) is 0 Å². The highest BCUT2D eigenvalue weighted by atomic mass is 33.1. The van der Waals surface area contributed by atoms with E-state index in [0.717, 1.165) is 6.54 Å². The molecule has 0 aliphatic rings. The molecule has 0 unspecified atom stereocenters. The van der Waals surface area contributed by atoms with Crippen LogP contribution in [0.4, 0.5) is 0 Å². The van der Waals surface area contributed by atoms with Crippen molar-refractivity contribution in [1.29, 1.82) is 0 Å². The van der Waals surface area contributed by atoms with Crippen molar-refractivity contribution in [3.05, 3.63) is 0 Å². The summed E-state index contributed by atoms with van der Waals surface area (Å²) in [7, 11) is 2.32. The molecule has 0 saturated carbocycles. The highest BCUT2D eigenvalue weighted by Gasteiger charge is 2.00. The Labute approximate surface area is 58.5 Å². The van der Waals surface area contributed by atoms with Gasteiger partial charge in [0, 0.05) is 6.54 Å². The van der Waals surface area contributed by atoms with E-state index in [1.54, 1.807) is 0 Å². The molecule has 0 aromatic carbocycles. The minimum atomic E-state index is 0.489. The predicted molar refractivity (Wildman–Crippen MR) is 45.1 cm³/mol. The monoisotopic (exact) mass is 152 g/mol. The van der Waals surface area contributed by atoms with Crippen LogP contribution in [0.3, 0.4) is 0 Å². The summed E-state index contributed by atoms with van der Waals surface area (Å²) < 4.78 is 3.26. The lowest BCUT2D eigenvalue weighted by molar-refractivity contribution is 0.881. The van der Waals surface area contributed by atoms with Crippen LogP contribution in [0.5, 0.6) is 0 Å². The van der Waals surface area contributed by atoms with Crippen LogP contribution in [-0.2, 0) is 9.93 Å². The normalized spacial score (nSPS) is 10.5. The molecule has 0 fully saturated rings. The minimum Gasteiger partial charge on any atom is -0.219 e. The molecule has 0 spiro atoms. The summed E-state index contributed by atoms with van der Waals surface area (Å²) in [6, 6.07) is 0. The van der Waals surface area contributed by atoms with Crippen LogP contribution in [0, 0.1) is 0 Å². The number of hydrogen-bond acceptors (Lipinski definition) is 2. The maximum Gasteiger partial charge on any atom is 0.180 e. The van der Waals surface area contributed by atoms with E-state index in [1.807, 2.05) is 11.0 Å². The highest BCUT2D eigenvalue weighted by Crippen LogP contribution is 2.03. The van der Waals surface area contributed by atoms with E-state index in [9.17, 15) is 0 Å². The van der Waals surface area contributed by atoms with Gasteiger partial charge in [0.25, 0.3) is 0 Å². The summed E-state index contributed by atoms with van der Waals surface area (Å²) in [5.74, 6) is 0. The minimum absolute atomic E-state index is 0.489. The Morgan fingerprint density at radius 3 is 2.50 bits per heavy atom. The molecule has 0 bridgehead atoms. The molecule has 3 heteroatoms. The maximum atomic E-state index is 3.26. The van der Waals surface area contributed by atoms with Gasteiger partial charge in [-0.05, 0) is 6.42 Å². The SMILES string of the molecule is CCCNS[S+](C)C. The first-order chi connectivity index (χ1) is 3.77. The van der Waals surface area contributed by atoms with E-state index < -0.39 is 0 Å². The fourth-order valence-electron chi connectivity index (χ4n) is 0.262. The van der Waals surface area contributed by atoms with E-state index in [0.29, 0.717) is 9.93 Å². The van der Waals surface area contributed by atoms with Crippen LogP contribution in [0.1, 0.15) is 13.3 Å². The molecule has 50 valence electrons. The van der Waals surface area contributed by atoms with Gasteiger partial charge < -0.3 is 0 Å². The zero-order valence-electron chi connectivity index (χ0n) is 5.73. The predicted octanol–water partition coefficient (Wildman–Crippen LogP) is 1.43. The fraction of sp³-hybridized carbons (Fsp3) is 1.00. The lowest BCUT2D eigenvalue weighted by Gasteiger charge is -1.93. The molecule has 0 radical (unpaired) electrons. The summed E-state index contributed by atoms with van der Waals surface area (Å²) >= 11 is 0. The van der Waals surface area contributed by atoms with Gasteiger partial charge in [-0.1, -0.05) is 6.92 Å². The fourth-order valence-corrected chi connectivity index (χ4v) is 1.74. The molecule has 0 saturated heterocycles. The number of rotatable bonds is 4. The Hall–Kier alpha value is 0.660. The zero-order chi connectivity index (χ0) is 6.41. The Morgan fingerprint density at radius 2 is 2.12 bits per heavy atom. The second-order valence-electron chi connectivity index (χ2n) is 1.72. The summed E-state index contributed by atoms with van der Waals surface area (Å²) in [6.07, 6.45) is 5.66.